The normalized spacial score (nSPS) is 27.8. The molecule has 1 saturated heterocycles. The van der Waals surface area contributed by atoms with Gasteiger partial charge in [0.1, 0.15) is 5.82 Å². The van der Waals surface area contributed by atoms with E-state index in [4.69, 9.17) is 5.11 Å². The van der Waals surface area contributed by atoms with E-state index in [0.717, 1.165) is 0 Å². The molecule has 0 saturated carbocycles. The maximum atomic E-state index is 11.6. The van der Waals surface area contributed by atoms with Crippen molar-refractivity contribution in [3.8, 4) is 0 Å². The van der Waals surface area contributed by atoms with Crippen LogP contribution < -0.4 is 0 Å². The molecule has 0 bridgehead atoms. The highest BCUT2D eigenvalue weighted by atomic mass is 32.2. The summed E-state index contributed by atoms with van der Waals surface area (Å²) in [5.41, 5.74) is -0.669. The van der Waals surface area contributed by atoms with Crippen LogP contribution in [0.1, 0.15) is 36.2 Å². The third kappa shape index (κ3) is 2.31. The number of hydrogen-bond donors (Lipinski definition) is 2. The number of H-pyrrole nitrogens is 1. The van der Waals surface area contributed by atoms with Crippen LogP contribution in [-0.4, -0.2) is 46.2 Å². The van der Waals surface area contributed by atoms with Gasteiger partial charge in [0.15, 0.2) is 9.84 Å². The molecule has 0 aromatic carbocycles. The van der Waals surface area contributed by atoms with Crippen molar-refractivity contribution in [1.29, 1.82) is 0 Å². The number of nitrogens with zero attached hydrogens (tertiary/aromatic N) is 2. The van der Waals surface area contributed by atoms with Gasteiger partial charge in [0.2, 0.25) is 0 Å². The topological polar surface area (TPSA) is 113 Å². The van der Waals surface area contributed by atoms with Gasteiger partial charge in [-0.1, -0.05) is 6.92 Å². The van der Waals surface area contributed by atoms with Gasteiger partial charge >= 0.3 is 5.97 Å². The summed E-state index contributed by atoms with van der Waals surface area (Å²) >= 11 is 0. The molecule has 1 unspecified atom stereocenters. The Hall–Kier alpha value is -1.44. The molecule has 17 heavy (non-hydrogen) atoms. The van der Waals surface area contributed by atoms with Gasteiger partial charge in [0.05, 0.1) is 11.5 Å². The van der Waals surface area contributed by atoms with Gasteiger partial charge in [-0.3, -0.25) is 5.10 Å². The van der Waals surface area contributed by atoms with E-state index in [1.807, 2.05) is 0 Å². The monoisotopic (exact) mass is 259 g/mol. The Balaban J connectivity index is 2.34. The number of rotatable bonds is 2. The van der Waals surface area contributed by atoms with Gasteiger partial charge in [0, 0.05) is 5.41 Å². The van der Waals surface area contributed by atoms with Crippen LogP contribution in [0.4, 0.5) is 0 Å². The molecule has 0 amide bonds. The maximum absolute atomic E-state index is 11.6. The highest BCUT2D eigenvalue weighted by Gasteiger charge is 2.39. The Morgan fingerprint density at radius 1 is 1.53 bits per heavy atom. The molecule has 7 nitrogen and oxygen atoms in total. The Kier molecular flexibility index (Phi) is 2.69. The summed E-state index contributed by atoms with van der Waals surface area (Å²) in [7, 11) is -3.08. The summed E-state index contributed by atoms with van der Waals surface area (Å²) in [6.45, 7) is 1.76. The molecule has 1 aromatic heterocycles. The van der Waals surface area contributed by atoms with Crippen LogP contribution >= 0.6 is 0 Å². The Labute approximate surface area is 98.2 Å². The summed E-state index contributed by atoms with van der Waals surface area (Å²) < 4.78 is 23.2. The standard InChI is InChI=1S/C9H13N3O4S/c1-9(3-2-4-17(15,16)5-9)8-10-6(7(13)14)11-12-8/h2-5H2,1H3,(H,13,14)(H,10,11,12). The lowest BCUT2D eigenvalue weighted by Crippen LogP contribution is -2.38. The molecular weight excluding hydrogens is 246 g/mol. The number of carboxylic acids is 1. The van der Waals surface area contributed by atoms with Crippen LogP contribution in [0.2, 0.25) is 0 Å². The molecular formula is C9H13N3O4S. The molecule has 1 fully saturated rings. The maximum Gasteiger partial charge on any atom is 0.375 e. The minimum Gasteiger partial charge on any atom is -0.475 e. The average Bonchev–Trinajstić information content (AvgIpc) is 2.64. The second kappa shape index (κ2) is 3.80. The predicted octanol–water partition coefficient (Wildman–Crippen LogP) is -0.0308. The fraction of sp³-hybridized carbons (Fsp3) is 0.667. The van der Waals surface area contributed by atoms with E-state index in [-0.39, 0.29) is 17.3 Å². The SMILES string of the molecule is CC1(c2nc(C(=O)O)n[nH]2)CCCS(=O)(=O)C1. The van der Waals surface area contributed by atoms with E-state index in [0.29, 0.717) is 18.7 Å². The molecule has 2 heterocycles. The lowest BCUT2D eigenvalue weighted by atomic mass is 9.86. The molecule has 94 valence electrons. The minimum atomic E-state index is -3.08. The molecule has 0 radical (unpaired) electrons. The fourth-order valence-electron chi connectivity index (χ4n) is 2.13. The summed E-state index contributed by atoms with van der Waals surface area (Å²) in [4.78, 5) is 14.5. The molecule has 0 spiro atoms. The third-order valence-corrected chi connectivity index (χ3v) is 4.96. The number of hydrogen-bond acceptors (Lipinski definition) is 5. The molecule has 8 heteroatoms. The lowest BCUT2D eigenvalue weighted by Gasteiger charge is -2.30. The molecule has 1 aliphatic heterocycles. The van der Waals surface area contributed by atoms with Crippen LogP contribution in [0.15, 0.2) is 0 Å². The summed E-state index contributed by atoms with van der Waals surface area (Å²) in [5.74, 6) is -1.06. The number of nitrogens with one attached hydrogen (secondary N) is 1. The number of carbonyl (C=O) groups is 1. The van der Waals surface area contributed by atoms with Gasteiger partial charge in [-0.05, 0) is 12.8 Å². The largest absolute Gasteiger partial charge is 0.475 e. The van der Waals surface area contributed by atoms with Crippen LogP contribution in [0.5, 0.6) is 0 Å². The van der Waals surface area contributed by atoms with Crippen molar-refractivity contribution < 1.29 is 18.3 Å². The van der Waals surface area contributed by atoms with Crippen molar-refractivity contribution in [2.75, 3.05) is 11.5 Å². The van der Waals surface area contributed by atoms with E-state index in [9.17, 15) is 13.2 Å². The van der Waals surface area contributed by atoms with Gasteiger partial charge in [0.25, 0.3) is 5.82 Å². The van der Waals surface area contributed by atoms with Crippen molar-refractivity contribution in [1.82, 2.24) is 15.2 Å². The molecule has 2 N–H and O–H groups in total. The smallest absolute Gasteiger partial charge is 0.375 e. The quantitative estimate of drug-likeness (QED) is 0.771. The zero-order chi connectivity index (χ0) is 12.7. The molecule has 1 atom stereocenters. The van der Waals surface area contributed by atoms with Crippen molar-refractivity contribution in [2.24, 2.45) is 0 Å². The average molecular weight is 259 g/mol. The summed E-state index contributed by atoms with van der Waals surface area (Å²) in [5, 5.41) is 14.8. The lowest BCUT2D eigenvalue weighted by molar-refractivity contribution is 0.0684. The first-order valence-corrected chi connectivity index (χ1v) is 7.01. The first-order chi connectivity index (χ1) is 7.82. The van der Waals surface area contributed by atoms with E-state index in [1.165, 1.54) is 0 Å². The molecule has 2 rings (SSSR count). The molecule has 0 aliphatic carbocycles. The first kappa shape index (κ1) is 12.0. The fourth-order valence-corrected chi connectivity index (χ4v) is 4.11. The van der Waals surface area contributed by atoms with Gasteiger partial charge in [-0.25, -0.2) is 18.2 Å². The Morgan fingerprint density at radius 3 is 2.76 bits per heavy atom. The number of sulfone groups is 1. The number of aromatic amines is 1. The molecule has 1 aromatic rings. The predicted molar refractivity (Wildman–Crippen MR) is 58.6 cm³/mol. The van der Waals surface area contributed by atoms with Crippen LogP contribution in [0.25, 0.3) is 0 Å². The first-order valence-electron chi connectivity index (χ1n) is 5.19. The van der Waals surface area contributed by atoms with E-state index >= 15 is 0 Å². The summed E-state index contributed by atoms with van der Waals surface area (Å²) in [6, 6.07) is 0. The van der Waals surface area contributed by atoms with E-state index in [2.05, 4.69) is 15.2 Å². The van der Waals surface area contributed by atoms with Gasteiger partial charge in [-0.15, -0.1) is 5.10 Å². The van der Waals surface area contributed by atoms with E-state index in [1.54, 1.807) is 6.92 Å². The second-order valence-electron chi connectivity index (χ2n) is 4.57. The molecule has 1 aliphatic rings. The van der Waals surface area contributed by atoms with Gasteiger partial charge in [-0.2, -0.15) is 0 Å². The number of carboxylic acid groups (broad SMARTS) is 1. The highest BCUT2D eigenvalue weighted by Crippen LogP contribution is 2.32. The number of aromatic nitrogens is 3. The van der Waals surface area contributed by atoms with Gasteiger partial charge < -0.3 is 5.11 Å². The third-order valence-electron chi connectivity index (χ3n) is 2.97. The van der Waals surface area contributed by atoms with Crippen LogP contribution in [-0.2, 0) is 15.3 Å². The zero-order valence-corrected chi connectivity index (χ0v) is 10.1. The van der Waals surface area contributed by atoms with Crippen molar-refractivity contribution in [3.05, 3.63) is 11.6 Å². The zero-order valence-electron chi connectivity index (χ0n) is 9.30. The Bertz CT molecular complexity index is 550. The minimum absolute atomic E-state index is 0.0196. The Morgan fingerprint density at radius 2 is 2.24 bits per heavy atom. The van der Waals surface area contributed by atoms with Crippen LogP contribution in [0.3, 0.4) is 0 Å². The second-order valence-corrected chi connectivity index (χ2v) is 6.75. The van der Waals surface area contributed by atoms with E-state index < -0.39 is 21.2 Å². The van der Waals surface area contributed by atoms with Crippen molar-refractivity contribution >= 4 is 15.8 Å². The highest BCUT2D eigenvalue weighted by molar-refractivity contribution is 7.91. The van der Waals surface area contributed by atoms with Crippen LogP contribution in [0, 0.1) is 0 Å². The summed E-state index contributed by atoms with van der Waals surface area (Å²) in [6.07, 6.45) is 1.21. The van der Waals surface area contributed by atoms with Crippen molar-refractivity contribution in [3.63, 3.8) is 0 Å². The van der Waals surface area contributed by atoms with Crippen molar-refractivity contribution in [2.45, 2.75) is 25.2 Å². The number of aromatic carboxylic acids is 1.